The van der Waals surface area contributed by atoms with Crippen LogP contribution in [0.2, 0.25) is 0 Å². The first-order valence-corrected chi connectivity index (χ1v) is 16.6. The van der Waals surface area contributed by atoms with Gasteiger partial charge < -0.3 is 34.9 Å². The molecule has 0 spiro atoms. The number of methoxy groups -OCH3 is 4. The Kier molecular flexibility index (Phi) is 11.7. The summed E-state index contributed by atoms with van der Waals surface area (Å²) in [5, 5.41) is 9.32. The number of nitrogens with one attached hydrogen (secondary N) is 3. The highest BCUT2D eigenvalue weighted by Crippen LogP contribution is 2.50. The molecule has 3 N–H and O–H groups in total. The Morgan fingerprint density at radius 3 is 2.31 bits per heavy atom. The van der Waals surface area contributed by atoms with E-state index in [1.54, 1.807) is 26.4 Å². The van der Waals surface area contributed by atoms with Gasteiger partial charge in [0.05, 0.1) is 40.2 Å². The highest BCUT2D eigenvalue weighted by molar-refractivity contribution is 7.16. The number of hydrogen-bond acceptors (Lipinski definition) is 11. The number of carbonyl (C=O) groups excluding carboxylic acids is 3. The maximum atomic E-state index is 13.9. The third kappa shape index (κ3) is 7.40. The van der Waals surface area contributed by atoms with Gasteiger partial charge in [-0.25, -0.2) is 9.78 Å². The molecule has 0 saturated carbocycles. The standard InChI is InChI=1S/C35H44N4O8S/c1-10-18(4)28(33(42)39-35-38-29(34(43)47-9)32(48-35)17(2)3)37-24-14-12-21-22(16-25(24)41)23(36-19(5)40)13-11-20-15-26(44-6)30(45-7)31(46-8)27(20)21/h12,14-18,23,28H,10-11,13H2,1-9H3,(H,36,40)(H,37,41)(H,38,39,42). The van der Waals surface area contributed by atoms with Crippen LogP contribution in [-0.2, 0) is 20.7 Å². The molecule has 2 amide bonds. The maximum Gasteiger partial charge on any atom is 0.357 e. The van der Waals surface area contributed by atoms with Gasteiger partial charge in [-0.05, 0) is 59.6 Å². The first-order valence-electron chi connectivity index (χ1n) is 15.8. The van der Waals surface area contributed by atoms with Crippen LogP contribution < -0.4 is 35.6 Å². The van der Waals surface area contributed by atoms with Crippen LogP contribution >= 0.6 is 11.3 Å². The number of rotatable bonds is 12. The third-order valence-corrected chi connectivity index (χ3v) is 9.78. The lowest BCUT2D eigenvalue weighted by atomic mass is 9.95. The third-order valence-electron chi connectivity index (χ3n) is 8.51. The van der Waals surface area contributed by atoms with E-state index in [4.69, 9.17) is 18.9 Å². The molecule has 2 aromatic carbocycles. The molecule has 0 saturated heterocycles. The van der Waals surface area contributed by atoms with Crippen molar-refractivity contribution in [2.24, 2.45) is 5.92 Å². The van der Waals surface area contributed by atoms with Crippen molar-refractivity contribution in [1.29, 1.82) is 0 Å². The Labute approximate surface area is 284 Å². The lowest BCUT2D eigenvalue weighted by Gasteiger charge is -2.23. The van der Waals surface area contributed by atoms with E-state index in [-0.39, 0.29) is 39.7 Å². The van der Waals surface area contributed by atoms with Gasteiger partial charge in [0.2, 0.25) is 23.0 Å². The number of hydrogen-bond donors (Lipinski definition) is 3. The monoisotopic (exact) mass is 680 g/mol. The smallest absolute Gasteiger partial charge is 0.357 e. The molecule has 258 valence electrons. The highest BCUT2D eigenvalue weighted by atomic mass is 32.1. The summed E-state index contributed by atoms with van der Waals surface area (Å²) in [6.45, 7) is 9.16. The fourth-order valence-electron chi connectivity index (χ4n) is 5.90. The summed E-state index contributed by atoms with van der Waals surface area (Å²) < 4.78 is 22.0. The molecular formula is C35H44N4O8S. The Hall–Kier alpha value is -4.65. The van der Waals surface area contributed by atoms with E-state index in [9.17, 15) is 19.2 Å². The van der Waals surface area contributed by atoms with Gasteiger partial charge >= 0.3 is 5.97 Å². The second kappa shape index (κ2) is 15.5. The van der Waals surface area contributed by atoms with Crippen molar-refractivity contribution in [1.82, 2.24) is 10.3 Å². The summed E-state index contributed by atoms with van der Waals surface area (Å²) in [6.07, 6.45) is 1.72. The second-order valence-corrected chi connectivity index (χ2v) is 13.0. The first-order chi connectivity index (χ1) is 22.9. The van der Waals surface area contributed by atoms with E-state index in [0.717, 1.165) is 11.1 Å². The topological polar surface area (TPSA) is 154 Å². The molecule has 13 heteroatoms. The van der Waals surface area contributed by atoms with Crippen molar-refractivity contribution in [3.05, 3.63) is 56.2 Å². The minimum atomic E-state index is -0.824. The molecule has 12 nitrogen and oxygen atoms in total. The predicted octanol–water partition coefficient (Wildman–Crippen LogP) is 5.69. The molecule has 0 radical (unpaired) electrons. The minimum absolute atomic E-state index is 0.0144. The molecule has 0 fully saturated rings. The number of esters is 1. The van der Waals surface area contributed by atoms with Gasteiger partial charge in [-0.15, -0.1) is 11.3 Å². The fraction of sp³-hybridized carbons (Fsp3) is 0.457. The fourth-order valence-corrected chi connectivity index (χ4v) is 6.86. The molecule has 1 heterocycles. The Morgan fingerprint density at radius 1 is 1.02 bits per heavy atom. The average Bonchev–Trinajstić information content (AvgIpc) is 3.35. The van der Waals surface area contributed by atoms with Crippen LogP contribution in [0.4, 0.5) is 10.8 Å². The van der Waals surface area contributed by atoms with Crippen molar-refractivity contribution < 1.29 is 33.3 Å². The van der Waals surface area contributed by atoms with E-state index in [1.165, 1.54) is 38.5 Å². The van der Waals surface area contributed by atoms with Gasteiger partial charge in [0.1, 0.15) is 6.04 Å². The molecule has 1 aliphatic rings. The van der Waals surface area contributed by atoms with Crippen molar-refractivity contribution in [3.8, 4) is 28.4 Å². The minimum Gasteiger partial charge on any atom is -0.493 e. The number of anilines is 2. The summed E-state index contributed by atoms with van der Waals surface area (Å²) in [5.74, 6) is -0.0755. The second-order valence-electron chi connectivity index (χ2n) is 12.0. The summed E-state index contributed by atoms with van der Waals surface area (Å²) in [6, 6.07) is 5.55. The van der Waals surface area contributed by atoms with Gasteiger partial charge in [0.25, 0.3) is 0 Å². The number of ether oxygens (including phenoxy) is 4. The summed E-state index contributed by atoms with van der Waals surface area (Å²) in [7, 11) is 5.90. The van der Waals surface area contributed by atoms with E-state index in [2.05, 4.69) is 20.9 Å². The number of aromatic nitrogens is 1. The van der Waals surface area contributed by atoms with Crippen molar-refractivity contribution in [3.63, 3.8) is 0 Å². The van der Waals surface area contributed by atoms with E-state index >= 15 is 0 Å². The Bertz CT molecular complexity index is 1760. The van der Waals surface area contributed by atoms with Gasteiger partial charge in [-0.2, -0.15) is 0 Å². The molecule has 4 rings (SSSR count). The van der Waals surface area contributed by atoms with Crippen LogP contribution in [0.1, 0.15) is 85.9 Å². The molecular weight excluding hydrogens is 636 g/mol. The van der Waals surface area contributed by atoms with Crippen molar-refractivity contribution >= 4 is 39.9 Å². The van der Waals surface area contributed by atoms with Crippen LogP contribution in [0, 0.1) is 5.92 Å². The number of fused-ring (bicyclic) bond motifs is 3. The number of thiazole rings is 1. The average molecular weight is 681 g/mol. The molecule has 0 bridgehead atoms. The summed E-state index contributed by atoms with van der Waals surface area (Å²) in [5.41, 5.74) is 2.91. The molecule has 3 aromatic rings. The van der Waals surface area contributed by atoms with E-state index in [0.29, 0.717) is 52.5 Å². The van der Waals surface area contributed by atoms with Crippen LogP contribution in [0.25, 0.3) is 11.1 Å². The normalized spacial score (nSPS) is 14.8. The lowest BCUT2D eigenvalue weighted by Crippen LogP contribution is -2.40. The largest absolute Gasteiger partial charge is 0.493 e. The quantitative estimate of drug-likeness (QED) is 0.203. The lowest BCUT2D eigenvalue weighted by molar-refractivity contribution is -0.120. The number of carbonyl (C=O) groups is 3. The predicted molar refractivity (Wildman–Crippen MR) is 186 cm³/mol. The Balaban J connectivity index is 1.82. The molecule has 1 aromatic heterocycles. The molecule has 3 unspecified atom stereocenters. The molecule has 0 aliphatic heterocycles. The van der Waals surface area contributed by atoms with Crippen LogP contribution in [0.15, 0.2) is 29.1 Å². The van der Waals surface area contributed by atoms with Gasteiger partial charge in [-0.3, -0.25) is 14.4 Å². The van der Waals surface area contributed by atoms with E-state index < -0.39 is 24.0 Å². The SMILES string of the molecule is CCC(C)C(Nc1ccc2c(cc1=O)C(NC(C)=O)CCc1cc(OC)c(OC)c(OC)c1-2)C(=O)Nc1nc(C(=O)OC)c(C(C)C)s1. The first kappa shape index (κ1) is 36.2. The summed E-state index contributed by atoms with van der Waals surface area (Å²) in [4.78, 5) is 57.4. The van der Waals surface area contributed by atoms with Crippen LogP contribution in [-0.4, -0.2) is 57.2 Å². The number of nitrogens with zero attached hydrogens (tertiary/aromatic N) is 1. The zero-order chi connectivity index (χ0) is 35.3. The summed E-state index contributed by atoms with van der Waals surface area (Å²) >= 11 is 1.21. The zero-order valence-electron chi connectivity index (χ0n) is 28.9. The number of benzene rings is 1. The number of aryl methyl sites for hydroxylation is 1. The van der Waals surface area contributed by atoms with Gasteiger partial charge in [0.15, 0.2) is 22.3 Å². The van der Waals surface area contributed by atoms with Crippen LogP contribution in [0.5, 0.6) is 17.2 Å². The molecule has 48 heavy (non-hydrogen) atoms. The maximum absolute atomic E-state index is 13.9. The van der Waals surface area contributed by atoms with E-state index in [1.807, 2.05) is 33.8 Å². The van der Waals surface area contributed by atoms with Gasteiger partial charge in [-0.1, -0.05) is 40.2 Å². The Morgan fingerprint density at radius 2 is 1.73 bits per heavy atom. The zero-order valence-corrected chi connectivity index (χ0v) is 29.7. The van der Waals surface area contributed by atoms with Crippen molar-refractivity contribution in [2.45, 2.75) is 71.9 Å². The molecule has 1 aliphatic carbocycles. The van der Waals surface area contributed by atoms with Gasteiger partial charge in [0, 0.05) is 17.4 Å². The number of amides is 2. The van der Waals surface area contributed by atoms with Crippen LogP contribution in [0.3, 0.4) is 0 Å². The highest BCUT2D eigenvalue weighted by Gasteiger charge is 2.31. The van der Waals surface area contributed by atoms with Crippen molar-refractivity contribution in [2.75, 3.05) is 39.1 Å². The molecule has 3 atom stereocenters.